The summed E-state index contributed by atoms with van der Waals surface area (Å²) in [5, 5.41) is 23.2. The van der Waals surface area contributed by atoms with Crippen LogP contribution >= 0.6 is 34.4 Å². The van der Waals surface area contributed by atoms with Gasteiger partial charge in [0, 0.05) is 11.1 Å². The van der Waals surface area contributed by atoms with Gasteiger partial charge in [0.25, 0.3) is 0 Å². The Hall–Kier alpha value is -1.19. The molecule has 2 heterocycles. The number of thiazole rings is 1. The van der Waals surface area contributed by atoms with Gasteiger partial charge in [0.2, 0.25) is 5.13 Å². The van der Waals surface area contributed by atoms with Gasteiger partial charge < -0.3 is 10.4 Å². The number of carbonyl (C=O) groups is 1. The fourth-order valence-corrected chi connectivity index (χ4v) is 3.28. The second-order valence-corrected chi connectivity index (χ2v) is 6.43. The lowest BCUT2D eigenvalue weighted by atomic mass is 10.6. The van der Waals surface area contributed by atoms with Crippen molar-refractivity contribution < 1.29 is 9.90 Å². The van der Waals surface area contributed by atoms with Crippen molar-refractivity contribution in [2.75, 3.05) is 11.1 Å². The van der Waals surface area contributed by atoms with Crippen LogP contribution < -0.4 is 5.32 Å². The first-order valence-corrected chi connectivity index (χ1v) is 7.64. The molecular weight excluding hydrogens is 292 g/mol. The molecule has 0 fully saturated rings. The molecule has 0 aliphatic heterocycles. The Kier molecular flexibility index (Phi) is 4.50. The zero-order valence-corrected chi connectivity index (χ0v) is 11.9. The number of anilines is 1. The van der Waals surface area contributed by atoms with Crippen LogP contribution in [0.15, 0.2) is 9.72 Å². The number of aromatic nitrogens is 3. The molecule has 0 aliphatic rings. The molecule has 0 bridgehead atoms. The van der Waals surface area contributed by atoms with Crippen molar-refractivity contribution in [3.63, 3.8) is 0 Å². The molecule has 0 spiro atoms. The van der Waals surface area contributed by atoms with E-state index in [1.165, 1.54) is 23.1 Å². The van der Waals surface area contributed by atoms with Gasteiger partial charge in [-0.25, -0.2) is 4.98 Å². The summed E-state index contributed by atoms with van der Waals surface area (Å²) < 4.78 is 0.648. The first-order chi connectivity index (χ1) is 8.63. The SMILES string of the molecule is Cc1csc(CNc2nnc(SCC(=O)O)s2)n1. The molecule has 0 unspecified atom stereocenters. The minimum absolute atomic E-state index is 0.000306. The van der Waals surface area contributed by atoms with E-state index in [1.54, 1.807) is 11.3 Å². The van der Waals surface area contributed by atoms with Crippen LogP contribution in [0, 0.1) is 6.92 Å². The third kappa shape index (κ3) is 3.93. The largest absolute Gasteiger partial charge is 0.481 e. The quantitative estimate of drug-likeness (QED) is 0.790. The second kappa shape index (κ2) is 6.12. The van der Waals surface area contributed by atoms with E-state index in [0.29, 0.717) is 16.0 Å². The van der Waals surface area contributed by atoms with E-state index in [1.807, 2.05) is 12.3 Å². The summed E-state index contributed by atoms with van der Waals surface area (Å²) in [7, 11) is 0. The van der Waals surface area contributed by atoms with Crippen molar-refractivity contribution >= 4 is 45.5 Å². The molecule has 0 aliphatic carbocycles. The van der Waals surface area contributed by atoms with Gasteiger partial charge in [-0.05, 0) is 6.92 Å². The summed E-state index contributed by atoms with van der Waals surface area (Å²) in [6.07, 6.45) is 0. The van der Waals surface area contributed by atoms with E-state index >= 15 is 0 Å². The smallest absolute Gasteiger partial charge is 0.313 e. The van der Waals surface area contributed by atoms with Crippen LogP contribution in [0.25, 0.3) is 0 Å². The van der Waals surface area contributed by atoms with Gasteiger partial charge in [-0.1, -0.05) is 23.1 Å². The zero-order valence-electron chi connectivity index (χ0n) is 9.41. The number of hydrogen-bond acceptors (Lipinski definition) is 8. The van der Waals surface area contributed by atoms with E-state index in [4.69, 9.17) is 5.11 Å². The number of carboxylic acid groups (broad SMARTS) is 1. The van der Waals surface area contributed by atoms with Crippen molar-refractivity contribution in [1.29, 1.82) is 0 Å². The maximum absolute atomic E-state index is 10.4. The van der Waals surface area contributed by atoms with Gasteiger partial charge in [0.15, 0.2) is 4.34 Å². The number of aliphatic carboxylic acids is 1. The summed E-state index contributed by atoms with van der Waals surface area (Å²) in [6, 6.07) is 0. The van der Waals surface area contributed by atoms with Gasteiger partial charge in [-0.2, -0.15) is 0 Å². The molecule has 0 saturated carbocycles. The highest BCUT2D eigenvalue weighted by atomic mass is 32.2. The van der Waals surface area contributed by atoms with Gasteiger partial charge in [-0.15, -0.1) is 21.5 Å². The minimum Gasteiger partial charge on any atom is -0.481 e. The van der Waals surface area contributed by atoms with Crippen molar-refractivity contribution in [3.05, 3.63) is 16.1 Å². The molecule has 0 radical (unpaired) electrons. The molecule has 0 saturated heterocycles. The lowest BCUT2D eigenvalue weighted by Crippen LogP contribution is -1.98. The van der Waals surface area contributed by atoms with Crippen molar-refractivity contribution in [2.24, 2.45) is 0 Å². The third-order valence-electron chi connectivity index (χ3n) is 1.78. The van der Waals surface area contributed by atoms with Crippen molar-refractivity contribution in [3.8, 4) is 0 Å². The normalized spacial score (nSPS) is 10.5. The molecule has 2 aromatic heterocycles. The molecule has 0 amide bonds. The minimum atomic E-state index is -0.858. The van der Waals surface area contributed by atoms with Crippen LogP contribution in [0.5, 0.6) is 0 Å². The highest BCUT2D eigenvalue weighted by molar-refractivity contribution is 8.01. The van der Waals surface area contributed by atoms with Crippen LogP contribution in [0.2, 0.25) is 0 Å². The molecule has 96 valence electrons. The lowest BCUT2D eigenvalue weighted by molar-refractivity contribution is -0.133. The third-order valence-corrected chi connectivity index (χ3v) is 4.75. The average Bonchev–Trinajstić information content (AvgIpc) is 2.93. The average molecular weight is 302 g/mol. The molecule has 0 aromatic carbocycles. The fourth-order valence-electron chi connectivity index (χ4n) is 1.10. The number of hydrogen-bond donors (Lipinski definition) is 2. The highest BCUT2D eigenvalue weighted by Crippen LogP contribution is 2.25. The Bertz CT molecular complexity index is 539. The second-order valence-electron chi connectivity index (χ2n) is 3.29. The Morgan fingerprint density at radius 2 is 2.39 bits per heavy atom. The van der Waals surface area contributed by atoms with Gasteiger partial charge in [0.1, 0.15) is 5.01 Å². The summed E-state index contributed by atoms with van der Waals surface area (Å²) in [4.78, 5) is 14.7. The number of nitrogens with one attached hydrogen (secondary N) is 1. The van der Waals surface area contributed by atoms with E-state index in [9.17, 15) is 4.79 Å². The van der Waals surface area contributed by atoms with E-state index in [2.05, 4.69) is 20.5 Å². The molecule has 6 nitrogen and oxygen atoms in total. The van der Waals surface area contributed by atoms with Gasteiger partial charge in [-0.3, -0.25) is 4.79 Å². The van der Waals surface area contributed by atoms with Crippen LogP contribution in [0.1, 0.15) is 10.7 Å². The summed E-state index contributed by atoms with van der Waals surface area (Å²) in [6.45, 7) is 2.56. The first kappa shape index (κ1) is 13.2. The molecule has 9 heteroatoms. The van der Waals surface area contributed by atoms with Gasteiger partial charge in [0.05, 0.1) is 12.3 Å². The predicted octanol–water partition coefficient (Wildman–Crippen LogP) is 2.09. The topological polar surface area (TPSA) is 88.0 Å². The zero-order chi connectivity index (χ0) is 13.0. The predicted molar refractivity (Wildman–Crippen MR) is 72.4 cm³/mol. The molecule has 2 aromatic rings. The molecule has 2 rings (SSSR count). The fraction of sp³-hybridized carbons (Fsp3) is 0.333. The van der Waals surface area contributed by atoms with E-state index in [-0.39, 0.29) is 5.75 Å². The number of aryl methyl sites for hydroxylation is 1. The maximum Gasteiger partial charge on any atom is 0.313 e. The number of carboxylic acids is 1. The lowest BCUT2D eigenvalue weighted by Gasteiger charge is -1.96. The van der Waals surface area contributed by atoms with Gasteiger partial charge >= 0.3 is 5.97 Å². The number of rotatable bonds is 6. The molecule has 18 heavy (non-hydrogen) atoms. The van der Waals surface area contributed by atoms with E-state index < -0.39 is 5.97 Å². The number of nitrogens with zero attached hydrogens (tertiary/aromatic N) is 3. The van der Waals surface area contributed by atoms with Crippen LogP contribution in [-0.4, -0.2) is 32.0 Å². The molecule has 2 N–H and O–H groups in total. The first-order valence-electron chi connectivity index (χ1n) is 4.96. The van der Waals surface area contributed by atoms with Crippen LogP contribution in [0.4, 0.5) is 5.13 Å². The van der Waals surface area contributed by atoms with E-state index in [0.717, 1.165) is 10.7 Å². The van der Waals surface area contributed by atoms with Crippen LogP contribution in [0.3, 0.4) is 0 Å². The Balaban J connectivity index is 1.84. The number of thioether (sulfide) groups is 1. The summed E-state index contributed by atoms with van der Waals surface area (Å²) in [5.74, 6) is -0.858. The summed E-state index contributed by atoms with van der Waals surface area (Å²) >= 11 is 4.10. The Labute approximate surface area is 115 Å². The Morgan fingerprint density at radius 1 is 1.56 bits per heavy atom. The van der Waals surface area contributed by atoms with Crippen molar-refractivity contribution in [1.82, 2.24) is 15.2 Å². The molecular formula is C9H10N4O2S3. The highest BCUT2D eigenvalue weighted by Gasteiger charge is 2.07. The van der Waals surface area contributed by atoms with Crippen LogP contribution in [-0.2, 0) is 11.3 Å². The summed E-state index contributed by atoms with van der Waals surface area (Å²) in [5.41, 5.74) is 1.01. The molecule has 0 atom stereocenters. The van der Waals surface area contributed by atoms with Crippen molar-refractivity contribution in [2.45, 2.75) is 17.8 Å². The maximum atomic E-state index is 10.4. The monoisotopic (exact) mass is 302 g/mol. The standard InChI is InChI=1S/C9H10N4O2S3/c1-5-3-16-6(11-5)2-10-8-12-13-9(18-8)17-4-7(14)15/h3H,2,4H2,1H3,(H,10,12)(H,14,15). The Morgan fingerprint density at radius 3 is 3.06 bits per heavy atom.